The second kappa shape index (κ2) is 6.99. The molecule has 1 amide bonds. The van der Waals surface area contributed by atoms with Crippen molar-refractivity contribution in [2.45, 2.75) is 6.42 Å². The van der Waals surface area contributed by atoms with E-state index in [1.807, 2.05) is 53.9 Å². The van der Waals surface area contributed by atoms with Gasteiger partial charge in [0.1, 0.15) is 16.9 Å². The summed E-state index contributed by atoms with van der Waals surface area (Å²) >= 11 is 1.40. The number of benzene rings is 2. The highest BCUT2D eigenvalue weighted by Crippen LogP contribution is 2.30. The molecule has 29 heavy (non-hydrogen) atoms. The smallest absolute Gasteiger partial charge is 0.281 e. The zero-order chi connectivity index (χ0) is 19.8. The van der Waals surface area contributed by atoms with E-state index in [1.165, 1.54) is 17.7 Å². The number of hydrogen-bond acceptors (Lipinski definition) is 6. The van der Waals surface area contributed by atoms with Gasteiger partial charge in [-0.1, -0.05) is 47.6 Å². The predicted octanol–water partition coefficient (Wildman–Crippen LogP) is 3.58. The Morgan fingerprint density at radius 2 is 1.90 bits per heavy atom. The van der Waals surface area contributed by atoms with Crippen LogP contribution in [0.25, 0.3) is 32.3 Å². The van der Waals surface area contributed by atoms with Crippen LogP contribution in [0.1, 0.15) is 5.69 Å². The van der Waals surface area contributed by atoms with Crippen molar-refractivity contribution in [1.29, 1.82) is 0 Å². The molecule has 0 saturated carbocycles. The fraction of sp³-hybridized carbons (Fsp3) is 0.0476. The monoisotopic (exact) mass is 402 g/mol. The summed E-state index contributed by atoms with van der Waals surface area (Å²) in [5.74, 6) is -0.385. The van der Waals surface area contributed by atoms with Crippen molar-refractivity contribution in [3.05, 3.63) is 82.4 Å². The van der Waals surface area contributed by atoms with Crippen LogP contribution < -0.4 is 11.0 Å². The normalized spacial score (nSPS) is 11.2. The summed E-state index contributed by atoms with van der Waals surface area (Å²) in [6, 6.07) is 16.9. The van der Waals surface area contributed by atoms with Gasteiger partial charge in [-0.25, -0.2) is 9.66 Å². The second-order valence-electron chi connectivity index (χ2n) is 6.45. The second-order valence-corrected chi connectivity index (χ2v) is 7.31. The van der Waals surface area contributed by atoms with Crippen LogP contribution >= 0.6 is 11.3 Å². The first-order chi connectivity index (χ1) is 14.2. The summed E-state index contributed by atoms with van der Waals surface area (Å²) in [6.07, 6.45) is 1.31. The van der Waals surface area contributed by atoms with E-state index >= 15 is 0 Å². The van der Waals surface area contributed by atoms with Gasteiger partial charge in [-0.3, -0.25) is 15.0 Å². The number of thiophene rings is 1. The van der Waals surface area contributed by atoms with Gasteiger partial charge in [0.15, 0.2) is 5.58 Å². The van der Waals surface area contributed by atoms with Gasteiger partial charge >= 0.3 is 0 Å². The molecule has 3 heterocycles. The topological polar surface area (TPSA) is 90.0 Å². The van der Waals surface area contributed by atoms with E-state index in [0.717, 1.165) is 21.2 Å². The van der Waals surface area contributed by atoms with E-state index in [9.17, 15) is 9.59 Å². The molecule has 0 aliphatic rings. The number of aromatic nitrogens is 3. The molecule has 0 fully saturated rings. The van der Waals surface area contributed by atoms with E-state index in [-0.39, 0.29) is 17.9 Å². The standard InChI is InChI=1S/C21H14N4O3S/c26-18(10-16-14-8-4-5-9-17(14)28-24-16)23-25-12-22-20-19(21(25)27)15(11-29-20)13-6-2-1-3-7-13/h1-9,11-12H,10H2,(H,23,26). The average Bonchev–Trinajstić information content (AvgIpc) is 3.36. The maximum atomic E-state index is 13.0. The molecule has 0 radical (unpaired) electrons. The highest BCUT2D eigenvalue weighted by Gasteiger charge is 2.16. The molecule has 1 N–H and O–H groups in total. The van der Waals surface area contributed by atoms with Crippen molar-refractivity contribution in [3.63, 3.8) is 0 Å². The third-order valence-electron chi connectivity index (χ3n) is 4.60. The Labute approximate surface area is 168 Å². The molecule has 0 spiro atoms. The van der Waals surface area contributed by atoms with Crippen LogP contribution in [0, 0.1) is 0 Å². The first kappa shape index (κ1) is 17.3. The molecule has 142 valence electrons. The van der Waals surface area contributed by atoms with Crippen LogP contribution in [-0.2, 0) is 11.2 Å². The minimum absolute atomic E-state index is 0.0172. The number of nitrogens with one attached hydrogen (secondary N) is 1. The summed E-state index contributed by atoms with van der Waals surface area (Å²) in [7, 11) is 0. The van der Waals surface area contributed by atoms with Gasteiger partial charge in [0, 0.05) is 16.3 Å². The summed E-state index contributed by atoms with van der Waals surface area (Å²) < 4.78 is 6.34. The lowest BCUT2D eigenvalue weighted by molar-refractivity contribution is -0.116. The molecule has 0 unspecified atom stereocenters. The van der Waals surface area contributed by atoms with Gasteiger partial charge in [-0.2, -0.15) is 0 Å². The molecular weight excluding hydrogens is 388 g/mol. The lowest BCUT2D eigenvalue weighted by Crippen LogP contribution is -2.34. The van der Waals surface area contributed by atoms with Crippen LogP contribution in [0.15, 0.2) is 75.6 Å². The van der Waals surface area contributed by atoms with Gasteiger partial charge in [0.2, 0.25) is 5.91 Å². The predicted molar refractivity (Wildman–Crippen MR) is 111 cm³/mol. The number of para-hydroxylation sites is 1. The summed E-state index contributed by atoms with van der Waals surface area (Å²) in [6.45, 7) is 0. The zero-order valence-electron chi connectivity index (χ0n) is 15.0. The minimum Gasteiger partial charge on any atom is -0.356 e. The molecule has 7 nitrogen and oxygen atoms in total. The largest absolute Gasteiger partial charge is 0.356 e. The van der Waals surface area contributed by atoms with Crippen molar-refractivity contribution in [2.24, 2.45) is 0 Å². The molecule has 3 aromatic heterocycles. The van der Waals surface area contributed by atoms with Gasteiger partial charge < -0.3 is 4.52 Å². The quantitative estimate of drug-likeness (QED) is 0.496. The van der Waals surface area contributed by atoms with Crippen molar-refractivity contribution < 1.29 is 9.32 Å². The Kier molecular flexibility index (Phi) is 4.18. The molecule has 0 saturated heterocycles. The van der Waals surface area contributed by atoms with Gasteiger partial charge in [0.05, 0.1) is 11.8 Å². The van der Waals surface area contributed by atoms with Crippen LogP contribution in [0.2, 0.25) is 0 Å². The maximum Gasteiger partial charge on any atom is 0.281 e. The first-order valence-electron chi connectivity index (χ1n) is 8.88. The Balaban J connectivity index is 1.47. The van der Waals surface area contributed by atoms with E-state index in [0.29, 0.717) is 21.5 Å². The van der Waals surface area contributed by atoms with Crippen LogP contribution in [0.3, 0.4) is 0 Å². The molecule has 5 aromatic rings. The Hall–Kier alpha value is -3.78. The van der Waals surface area contributed by atoms with E-state index in [1.54, 1.807) is 6.07 Å². The number of carbonyl (C=O) groups is 1. The summed E-state index contributed by atoms with van der Waals surface area (Å²) in [5.41, 5.74) is 5.13. The highest BCUT2D eigenvalue weighted by atomic mass is 32.1. The lowest BCUT2D eigenvalue weighted by atomic mass is 10.1. The number of amides is 1. The summed E-state index contributed by atoms with van der Waals surface area (Å²) in [5, 5.41) is 7.12. The number of fused-ring (bicyclic) bond motifs is 2. The van der Waals surface area contributed by atoms with Gasteiger partial charge in [0.25, 0.3) is 5.56 Å². The molecule has 8 heteroatoms. The van der Waals surface area contributed by atoms with Gasteiger partial charge in [-0.05, 0) is 17.7 Å². The Morgan fingerprint density at radius 3 is 2.76 bits per heavy atom. The lowest BCUT2D eigenvalue weighted by Gasteiger charge is -2.07. The number of hydrogen-bond donors (Lipinski definition) is 1. The average molecular weight is 402 g/mol. The molecule has 2 aromatic carbocycles. The Bertz CT molecular complexity index is 1400. The molecule has 0 atom stereocenters. The first-order valence-corrected chi connectivity index (χ1v) is 9.76. The molecular formula is C21H14N4O3S. The number of carbonyl (C=O) groups excluding carboxylic acids is 1. The SMILES string of the molecule is O=C(Cc1noc2ccccc12)Nn1cnc2scc(-c3ccccc3)c2c1=O. The van der Waals surface area contributed by atoms with Gasteiger partial charge in [-0.15, -0.1) is 11.3 Å². The van der Waals surface area contributed by atoms with Crippen LogP contribution in [-0.4, -0.2) is 20.7 Å². The molecule has 5 rings (SSSR count). The van der Waals surface area contributed by atoms with Crippen LogP contribution in [0.5, 0.6) is 0 Å². The molecule has 0 bridgehead atoms. The van der Waals surface area contributed by atoms with E-state index in [4.69, 9.17) is 4.52 Å². The molecule has 0 aliphatic heterocycles. The fourth-order valence-electron chi connectivity index (χ4n) is 3.23. The van der Waals surface area contributed by atoms with Crippen molar-refractivity contribution in [2.75, 3.05) is 5.43 Å². The third-order valence-corrected chi connectivity index (χ3v) is 5.49. The van der Waals surface area contributed by atoms with Crippen molar-refractivity contribution in [1.82, 2.24) is 14.8 Å². The summed E-state index contributed by atoms with van der Waals surface area (Å²) in [4.78, 5) is 30.5. The van der Waals surface area contributed by atoms with Crippen molar-refractivity contribution in [3.8, 4) is 11.1 Å². The minimum atomic E-state index is -0.385. The fourth-order valence-corrected chi connectivity index (χ4v) is 4.14. The number of rotatable bonds is 4. The maximum absolute atomic E-state index is 13.0. The van der Waals surface area contributed by atoms with Crippen LogP contribution in [0.4, 0.5) is 0 Å². The van der Waals surface area contributed by atoms with E-state index < -0.39 is 0 Å². The van der Waals surface area contributed by atoms with E-state index in [2.05, 4.69) is 15.6 Å². The highest BCUT2D eigenvalue weighted by molar-refractivity contribution is 7.17. The number of nitrogens with zero attached hydrogens (tertiary/aromatic N) is 3. The van der Waals surface area contributed by atoms with Crippen molar-refractivity contribution >= 4 is 38.4 Å². The third kappa shape index (κ3) is 3.09. The Morgan fingerprint density at radius 1 is 1.10 bits per heavy atom. The zero-order valence-corrected chi connectivity index (χ0v) is 15.8. The molecule has 0 aliphatic carbocycles.